The summed E-state index contributed by atoms with van der Waals surface area (Å²) in [4.78, 5) is 29.4. The average molecular weight is 920 g/mol. The van der Waals surface area contributed by atoms with E-state index in [2.05, 4.69) is 0 Å². The Balaban J connectivity index is 1.02. The Labute approximate surface area is 395 Å². The predicted molar refractivity (Wildman–Crippen MR) is 246 cm³/mol. The molecule has 4 aliphatic rings. The maximum absolute atomic E-state index is 14.2. The molecule has 4 aliphatic heterocycles. The van der Waals surface area contributed by atoms with E-state index >= 15 is 0 Å². The Kier molecular flexibility index (Phi) is 14.2. The Morgan fingerprint density at radius 3 is 1.49 bits per heavy atom. The molecule has 10 atom stereocenters. The highest BCUT2D eigenvalue weighted by Gasteiger charge is 2.66. The van der Waals surface area contributed by atoms with Crippen LogP contribution in [0.25, 0.3) is 0 Å². The van der Waals surface area contributed by atoms with Crippen molar-refractivity contribution in [3.05, 3.63) is 215 Å². The van der Waals surface area contributed by atoms with Crippen LogP contribution in [0.2, 0.25) is 0 Å². The molecular formula is C55H53NO12. The van der Waals surface area contributed by atoms with Gasteiger partial charge in [0.1, 0.15) is 42.7 Å². The fraction of sp³-hybridized carbons (Fsp3) is 0.309. The highest BCUT2D eigenvalue weighted by atomic mass is 16.9. The van der Waals surface area contributed by atoms with E-state index in [1.54, 1.807) is 24.3 Å². The van der Waals surface area contributed by atoms with E-state index in [9.17, 15) is 14.7 Å². The molecule has 3 fully saturated rings. The van der Waals surface area contributed by atoms with Crippen molar-refractivity contribution in [2.45, 2.75) is 94.1 Å². The van der Waals surface area contributed by atoms with Crippen molar-refractivity contribution < 1.29 is 57.3 Å². The number of imide groups is 1. The number of aliphatic hydroxyl groups is 1. The standard InChI is InChI=1S/C55H53NO12/c57-47-46(56-52(58)42-28-16-17-29-43(42)53(56)59)54(64-34-41-26-14-5-15-27-41)66-44-36-65-55(68-48(44)47)51(63-33-40-24-12-4-13-25-40)50(62-32-39-22-10-3-11-23-39)49(61-31-38-20-8-2-9-21-38)45(67-55)35-60-30-37-18-6-1-7-19-37/h1-29,44-51,54,57H,30-36H2/t44-,45-,46-,47-,48-,49-,50+,51-,54-,55-/m1/s1. The third kappa shape index (κ3) is 9.96. The summed E-state index contributed by atoms with van der Waals surface area (Å²) in [7, 11) is 0. The number of fused-ring (bicyclic) bond motifs is 2. The van der Waals surface area contributed by atoms with E-state index in [1.807, 2.05) is 152 Å². The van der Waals surface area contributed by atoms with Crippen LogP contribution >= 0.6 is 0 Å². The summed E-state index contributed by atoms with van der Waals surface area (Å²) in [6.45, 7) is 0.637. The summed E-state index contributed by atoms with van der Waals surface area (Å²) in [5.41, 5.74) is 4.89. The molecule has 0 radical (unpaired) electrons. The third-order valence-corrected chi connectivity index (χ3v) is 12.7. The molecule has 0 aliphatic carbocycles. The van der Waals surface area contributed by atoms with Crippen molar-refractivity contribution >= 4 is 11.8 Å². The minimum Gasteiger partial charge on any atom is -0.388 e. The van der Waals surface area contributed by atoms with E-state index in [0.717, 1.165) is 32.7 Å². The Morgan fingerprint density at radius 1 is 0.529 bits per heavy atom. The van der Waals surface area contributed by atoms with E-state index in [4.69, 9.17) is 42.6 Å². The second-order valence-electron chi connectivity index (χ2n) is 17.2. The fourth-order valence-corrected chi connectivity index (χ4v) is 9.26. The highest BCUT2D eigenvalue weighted by molar-refractivity contribution is 6.21. The van der Waals surface area contributed by atoms with Gasteiger partial charge in [0, 0.05) is 0 Å². The quantitative estimate of drug-likeness (QED) is 0.0913. The Hall–Kier alpha value is -5.94. The summed E-state index contributed by atoms with van der Waals surface area (Å²) >= 11 is 0. The molecular weight excluding hydrogens is 867 g/mol. The second-order valence-corrected chi connectivity index (χ2v) is 17.2. The maximum atomic E-state index is 14.2. The summed E-state index contributed by atoms with van der Waals surface area (Å²) in [5, 5.41) is 12.8. The number of hydrogen-bond acceptors (Lipinski definition) is 12. The molecule has 68 heavy (non-hydrogen) atoms. The predicted octanol–water partition coefficient (Wildman–Crippen LogP) is 7.39. The van der Waals surface area contributed by atoms with Gasteiger partial charge in [-0.1, -0.05) is 164 Å². The Bertz CT molecular complexity index is 2540. The van der Waals surface area contributed by atoms with Crippen molar-refractivity contribution in [3.63, 3.8) is 0 Å². The van der Waals surface area contributed by atoms with Gasteiger partial charge in [-0.25, -0.2) is 0 Å². The average Bonchev–Trinajstić information content (AvgIpc) is 3.64. The lowest BCUT2D eigenvalue weighted by atomic mass is 9.92. The molecule has 0 aromatic heterocycles. The molecule has 1 N–H and O–H groups in total. The molecule has 0 saturated carbocycles. The van der Waals surface area contributed by atoms with Gasteiger partial charge in [-0.3, -0.25) is 14.5 Å². The topological polar surface area (TPSA) is 141 Å². The molecule has 1 spiro atoms. The monoisotopic (exact) mass is 919 g/mol. The number of carbonyl (C=O) groups excluding carboxylic acids is 2. The van der Waals surface area contributed by atoms with Crippen molar-refractivity contribution in [2.75, 3.05) is 13.2 Å². The number of hydrogen-bond donors (Lipinski definition) is 1. The fourth-order valence-electron chi connectivity index (χ4n) is 9.26. The minimum absolute atomic E-state index is 0.0135. The number of nitrogens with zero attached hydrogens (tertiary/aromatic N) is 1. The molecule has 350 valence electrons. The lowest BCUT2D eigenvalue weighted by Gasteiger charge is -2.57. The number of rotatable bonds is 17. The number of ether oxygens (including phenoxy) is 9. The van der Waals surface area contributed by atoms with Gasteiger partial charge >= 0.3 is 5.97 Å². The van der Waals surface area contributed by atoms with Gasteiger partial charge in [0.2, 0.25) is 0 Å². The zero-order chi connectivity index (χ0) is 46.3. The first kappa shape index (κ1) is 45.8. The molecule has 3 saturated heterocycles. The van der Waals surface area contributed by atoms with Crippen LogP contribution in [-0.4, -0.2) is 96.1 Å². The zero-order valence-electron chi connectivity index (χ0n) is 37.3. The maximum Gasteiger partial charge on any atom is 0.314 e. The number of benzene rings is 6. The van der Waals surface area contributed by atoms with Crippen LogP contribution < -0.4 is 0 Å². The van der Waals surface area contributed by atoms with Crippen molar-refractivity contribution in [2.24, 2.45) is 0 Å². The Morgan fingerprint density at radius 2 is 0.971 bits per heavy atom. The molecule has 6 aromatic rings. The normalized spacial score (nSPS) is 27.8. The smallest absolute Gasteiger partial charge is 0.314 e. The first-order chi connectivity index (χ1) is 33.4. The van der Waals surface area contributed by atoms with Gasteiger partial charge in [-0.15, -0.1) is 0 Å². The van der Waals surface area contributed by atoms with Gasteiger partial charge in [-0.2, -0.15) is 0 Å². The molecule has 0 bridgehead atoms. The SMILES string of the molecule is O=C1c2ccccc2C(=O)N1[C@H]1[C@H](OCc2ccccc2)O[C@@H]2CO[C@@]3(O[C@H]2[C@@H]1O)O[C@H](COCc1ccccc1)[C@@H](OCc1ccccc1)[C@H](OCc1ccccc1)[C@H]3OCc1ccccc1. The third-order valence-electron chi connectivity index (χ3n) is 12.7. The molecule has 4 heterocycles. The van der Waals surface area contributed by atoms with Crippen LogP contribution in [0.5, 0.6) is 0 Å². The first-order valence-corrected chi connectivity index (χ1v) is 23.0. The molecule has 10 rings (SSSR count). The van der Waals surface area contributed by atoms with Crippen LogP contribution in [-0.2, 0) is 75.7 Å². The molecule has 2 amide bonds. The van der Waals surface area contributed by atoms with E-state index < -0.39 is 72.8 Å². The van der Waals surface area contributed by atoms with Crippen molar-refractivity contribution in [3.8, 4) is 0 Å². The second kappa shape index (κ2) is 21.1. The lowest BCUT2D eigenvalue weighted by Crippen LogP contribution is -2.75. The number of amides is 2. The lowest BCUT2D eigenvalue weighted by molar-refractivity contribution is -0.514. The van der Waals surface area contributed by atoms with Gasteiger partial charge in [-0.05, 0) is 39.9 Å². The van der Waals surface area contributed by atoms with Gasteiger partial charge < -0.3 is 47.7 Å². The summed E-state index contributed by atoms with van der Waals surface area (Å²) in [5.74, 6) is -3.26. The van der Waals surface area contributed by atoms with E-state index in [1.165, 1.54) is 0 Å². The molecule has 6 aromatic carbocycles. The molecule has 0 unspecified atom stereocenters. The highest BCUT2D eigenvalue weighted by Crippen LogP contribution is 2.45. The largest absolute Gasteiger partial charge is 0.388 e. The molecule has 13 heteroatoms. The summed E-state index contributed by atoms with van der Waals surface area (Å²) in [6, 6.07) is 53.6. The van der Waals surface area contributed by atoms with Gasteiger partial charge in [0.15, 0.2) is 12.4 Å². The van der Waals surface area contributed by atoms with Crippen LogP contribution in [0.1, 0.15) is 48.5 Å². The summed E-state index contributed by atoms with van der Waals surface area (Å²) in [6.07, 6.45) is -8.87. The van der Waals surface area contributed by atoms with Crippen LogP contribution in [0.4, 0.5) is 0 Å². The first-order valence-electron chi connectivity index (χ1n) is 23.0. The van der Waals surface area contributed by atoms with E-state index in [-0.39, 0.29) is 57.4 Å². The summed E-state index contributed by atoms with van der Waals surface area (Å²) < 4.78 is 61.0. The molecule has 13 nitrogen and oxygen atoms in total. The van der Waals surface area contributed by atoms with Gasteiger partial charge in [0.25, 0.3) is 11.8 Å². The van der Waals surface area contributed by atoms with Crippen LogP contribution in [0, 0.1) is 0 Å². The minimum atomic E-state index is -2.08. The van der Waals surface area contributed by atoms with Gasteiger partial charge in [0.05, 0.1) is 57.4 Å². The zero-order valence-corrected chi connectivity index (χ0v) is 37.3. The number of carbonyl (C=O) groups is 2. The van der Waals surface area contributed by atoms with Crippen molar-refractivity contribution in [1.82, 2.24) is 4.90 Å². The van der Waals surface area contributed by atoms with Crippen LogP contribution in [0.15, 0.2) is 176 Å². The van der Waals surface area contributed by atoms with Crippen LogP contribution in [0.3, 0.4) is 0 Å². The van der Waals surface area contributed by atoms with E-state index in [0.29, 0.717) is 0 Å². The number of aliphatic hydroxyl groups excluding tert-OH is 1. The van der Waals surface area contributed by atoms with Crippen molar-refractivity contribution in [1.29, 1.82) is 0 Å².